The van der Waals surface area contributed by atoms with Crippen LogP contribution in [0.25, 0.3) is 11.4 Å². The molecular weight excluding hydrogens is 254 g/mol. The molecule has 3 N–H and O–H groups in total. The fourth-order valence-electron chi connectivity index (χ4n) is 2.26. The number of aromatic nitrogens is 3. The number of aromatic amines is 1. The molecule has 1 saturated heterocycles. The van der Waals surface area contributed by atoms with Crippen molar-refractivity contribution in [1.82, 2.24) is 20.1 Å². The smallest absolute Gasteiger partial charge is 0.181 e. The average Bonchev–Trinajstić information content (AvgIpc) is 2.96. The van der Waals surface area contributed by atoms with Gasteiger partial charge in [0.05, 0.1) is 13.2 Å². The van der Waals surface area contributed by atoms with E-state index in [1.54, 1.807) is 0 Å². The Hall–Kier alpha value is -1.92. The van der Waals surface area contributed by atoms with Gasteiger partial charge in [-0.3, -0.25) is 10.00 Å². The Morgan fingerprint density at radius 3 is 2.70 bits per heavy atom. The second-order valence-corrected chi connectivity index (χ2v) is 4.93. The standard InChI is InChI=1S/C14H19N5O/c15-12-3-1-11(2-4-12)14-16-13(17-18-14)5-6-19-7-9-20-10-8-19/h1-4H,5-10,15H2,(H,16,17,18). The third-order valence-electron chi connectivity index (χ3n) is 3.47. The van der Waals surface area contributed by atoms with E-state index < -0.39 is 0 Å². The van der Waals surface area contributed by atoms with Gasteiger partial charge in [-0.2, -0.15) is 5.10 Å². The Morgan fingerprint density at radius 1 is 1.20 bits per heavy atom. The monoisotopic (exact) mass is 273 g/mol. The maximum absolute atomic E-state index is 5.68. The fourth-order valence-corrected chi connectivity index (χ4v) is 2.26. The number of nitrogen functional groups attached to an aromatic ring is 1. The Labute approximate surface area is 118 Å². The summed E-state index contributed by atoms with van der Waals surface area (Å²) in [4.78, 5) is 6.91. The molecule has 0 radical (unpaired) electrons. The molecule has 0 aliphatic carbocycles. The third kappa shape index (κ3) is 3.15. The Bertz CT molecular complexity index is 545. The van der Waals surface area contributed by atoms with Gasteiger partial charge in [-0.05, 0) is 24.3 Å². The van der Waals surface area contributed by atoms with Gasteiger partial charge in [-0.1, -0.05) is 0 Å². The molecule has 1 aromatic heterocycles. The van der Waals surface area contributed by atoms with E-state index in [0.29, 0.717) is 0 Å². The number of nitrogens with one attached hydrogen (secondary N) is 1. The molecule has 3 rings (SSSR count). The molecule has 1 aliphatic rings. The lowest BCUT2D eigenvalue weighted by Crippen LogP contribution is -2.37. The SMILES string of the molecule is Nc1ccc(-c2n[nH]c(CCN3CCOCC3)n2)cc1. The van der Waals surface area contributed by atoms with Gasteiger partial charge in [-0.15, -0.1) is 0 Å². The molecule has 1 aliphatic heterocycles. The molecular formula is C14H19N5O. The first-order valence-electron chi connectivity index (χ1n) is 6.88. The fraction of sp³-hybridized carbons (Fsp3) is 0.429. The van der Waals surface area contributed by atoms with Crippen LogP contribution in [0.5, 0.6) is 0 Å². The molecule has 106 valence electrons. The predicted octanol–water partition coefficient (Wildman–Crippen LogP) is 0.929. The van der Waals surface area contributed by atoms with E-state index in [-0.39, 0.29) is 0 Å². The number of nitrogens with two attached hydrogens (primary N) is 1. The first kappa shape index (κ1) is 13.1. The van der Waals surface area contributed by atoms with Gasteiger partial charge in [0.15, 0.2) is 5.82 Å². The topological polar surface area (TPSA) is 80.1 Å². The van der Waals surface area contributed by atoms with Crippen molar-refractivity contribution in [3.8, 4) is 11.4 Å². The van der Waals surface area contributed by atoms with Crippen LogP contribution in [0.3, 0.4) is 0 Å². The van der Waals surface area contributed by atoms with Crippen LogP contribution in [-0.2, 0) is 11.2 Å². The molecule has 1 fully saturated rings. The average molecular weight is 273 g/mol. The summed E-state index contributed by atoms with van der Waals surface area (Å²) in [5.74, 6) is 1.64. The normalized spacial score (nSPS) is 16.4. The number of benzene rings is 1. The van der Waals surface area contributed by atoms with Crippen LogP contribution >= 0.6 is 0 Å². The molecule has 0 unspecified atom stereocenters. The number of morpholine rings is 1. The number of nitrogens with zero attached hydrogens (tertiary/aromatic N) is 3. The highest BCUT2D eigenvalue weighted by molar-refractivity contribution is 5.58. The molecule has 0 atom stereocenters. The summed E-state index contributed by atoms with van der Waals surface area (Å²) in [6.45, 7) is 4.64. The molecule has 20 heavy (non-hydrogen) atoms. The first-order valence-corrected chi connectivity index (χ1v) is 6.88. The lowest BCUT2D eigenvalue weighted by atomic mass is 10.2. The van der Waals surface area contributed by atoms with Crippen LogP contribution in [-0.4, -0.2) is 52.9 Å². The predicted molar refractivity (Wildman–Crippen MR) is 77.2 cm³/mol. The second-order valence-electron chi connectivity index (χ2n) is 4.93. The van der Waals surface area contributed by atoms with Crippen LogP contribution in [0.4, 0.5) is 5.69 Å². The molecule has 6 nitrogen and oxygen atoms in total. The molecule has 0 spiro atoms. The summed E-state index contributed by atoms with van der Waals surface area (Å²) < 4.78 is 5.34. The highest BCUT2D eigenvalue weighted by Crippen LogP contribution is 2.16. The maximum Gasteiger partial charge on any atom is 0.181 e. The number of hydrogen-bond acceptors (Lipinski definition) is 5. The van der Waals surface area contributed by atoms with E-state index in [0.717, 1.165) is 62.2 Å². The minimum absolute atomic E-state index is 0.724. The Kier molecular flexibility index (Phi) is 3.94. The summed E-state index contributed by atoms with van der Waals surface area (Å²) in [5, 5.41) is 7.27. The van der Waals surface area contributed by atoms with Crippen molar-refractivity contribution in [3.05, 3.63) is 30.1 Å². The van der Waals surface area contributed by atoms with E-state index in [2.05, 4.69) is 20.1 Å². The third-order valence-corrected chi connectivity index (χ3v) is 3.47. The quantitative estimate of drug-likeness (QED) is 0.810. The van der Waals surface area contributed by atoms with Crippen LogP contribution in [0, 0.1) is 0 Å². The summed E-state index contributed by atoms with van der Waals surface area (Å²) in [5.41, 5.74) is 7.40. The van der Waals surface area contributed by atoms with Gasteiger partial charge < -0.3 is 10.5 Å². The maximum atomic E-state index is 5.68. The number of H-pyrrole nitrogens is 1. The minimum Gasteiger partial charge on any atom is -0.399 e. The molecule has 0 amide bonds. The van der Waals surface area contributed by atoms with Crippen molar-refractivity contribution in [2.75, 3.05) is 38.6 Å². The van der Waals surface area contributed by atoms with Crippen molar-refractivity contribution in [2.24, 2.45) is 0 Å². The van der Waals surface area contributed by atoms with Crippen molar-refractivity contribution in [3.63, 3.8) is 0 Å². The van der Waals surface area contributed by atoms with Gasteiger partial charge >= 0.3 is 0 Å². The largest absolute Gasteiger partial charge is 0.399 e. The van der Waals surface area contributed by atoms with Gasteiger partial charge in [-0.25, -0.2) is 4.98 Å². The van der Waals surface area contributed by atoms with Crippen molar-refractivity contribution in [1.29, 1.82) is 0 Å². The number of anilines is 1. The zero-order chi connectivity index (χ0) is 13.8. The Morgan fingerprint density at radius 2 is 1.95 bits per heavy atom. The molecule has 2 aromatic rings. The van der Waals surface area contributed by atoms with Crippen LogP contribution in [0.2, 0.25) is 0 Å². The van der Waals surface area contributed by atoms with Crippen molar-refractivity contribution < 1.29 is 4.74 Å². The molecule has 0 bridgehead atoms. The number of hydrogen-bond donors (Lipinski definition) is 2. The van der Waals surface area contributed by atoms with Crippen molar-refractivity contribution >= 4 is 5.69 Å². The van der Waals surface area contributed by atoms with Gasteiger partial charge in [0.1, 0.15) is 5.82 Å². The zero-order valence-electron chi connectivity index (χ0n) is 11.4. The summed E-state index contributed by atoms with van der Waals surface area (Å²) in [7, 11) is 0. The van der Waals surface area contributed by atoms with Gasteiger partial charge in [0.2, 0.25) is 0 Å². The van der Waals surface area contributed by atoms with E-state index in [1.165, 1.54) is 0 Å². The lowest BCUT2D eigenvalue weighted by molar-refractivity contribution is 0.0382. The number of ether oxygens (including phenoxy) is 1. The molecule has 0 saturated carbocycles. The lowest BCUT2D eigenvalue weighted by Gasteiger charge is -2.25. The van der Waals surface area contributed by atoms with Crippen LogP contribution < -0.4 is 5.73 Å². The Balaban J connectivity index is 1.60. The highest BCUT2D eigenvalue weighted by Gasteiger charge is 2.11. The molecule has 6 heteroatoms. The summed E-state index contributed by atoms with van der Waals surface area (Å²) in [6, 6.07) is 7.59. The highest BCUT2D eigenvalue weighted by atomic mass is 16.5. The van der Waals surface area contributed by atoms with E-state index in [9.17, 15) is 0 Å². The van der Waals surface area contributed by atoms with Crippen LogP contribution in [0.1, 0.15) is 5.82 Å². The number of rotatable bonds is 4. The van der Waals surface area contributed by atoms with Gasteiger partial charge in [0, 0.05) is 37.3 Å². The van der Waals surface area contributed by atoms with E-state index >= 15 is 0 Å². The van der Waals surface area contributed by atoms with Crippen LogP contribution in [0.15, 0.2) is 24.3 Å². The van der Waals surface area contributed by atoms with Crippen molar-refractivity contribution in [2.45, 2.75) is 6.42 Å². The second kappa shape index (κ2) is 6.02. The van der Waals surface area contributed by atoms with E-state index in [1.807, 2.05) is 24.3 Å². The summed E-state index contributed by atoms with van der Waals surface area (Å²) >= 11 is 0. The van der Waals surface area contributed by atoms with E-state index in [4.69, 9.17) is 10.5 Å². The summed E-state index contributed by atoms with van der Waals surface area (Å²) in [6.07, 6.45) is 0.877. The zero-order valence-corrected chi connectivity index (χ0v) is 11.4. The first-order chi connectivity index (χ1) is 9.81. The minimum atomic E-state index is 0.724. The van der Waals surface area contributed by atoms with Gasteiger partial charge in [0.25, 0.3) is 0 Å². The molecule has 1 aromatic carbocycles. The molecule has 2 heterocycles.